The molecule has 4 heteroatoms. The molecule has 0 radical (unpaired) electrons. The highest BCUT2D eigenvalue weighted by molar-refractivity contribution is 5.31. The summed E-state index contributed by atoms with van der Waals surface area (Å²) in [6.07, 6.45) is 3.45. The molecule has 1 aromatic heterocycles. The lowest BCUT2D eigenvalue weighted by Crippen LogP contribution is -2.09. The van der Waals surface area contributed by atoms with Gasteiger partial charge in [-0.1, -0.05) is 0 Å². The topological polar surface area (TPSA) is 64.1 Å². The summed E-state index contributed by atoms with van der Waals surface area (Å²) >= 11 is 0. The van der Waals surface area contributed by atoms with Gasteiger partial charge in [0.25, 0.3) is 0 Å². The third-order valence-corrected chi connectivity index (χ3v) is 2.90. The molecule has 4 nitrogen and oxygen atoms in total. The van der Waals surface area contributed by atoms with Crippen LogP contribution in [0.1, 0.15) is 35.9 Å². The van der Waals surface area contributed by atoms with Crippen molar-refractivity contribution in [1.82, 2.24) is 9.78 Å². The van der Waals surface area contributed by atoms with E-state index >= 15 is 0 Å². The van der Waals surface area contributed by atoms with Crippen molar-refractivity contribution in [2.24, 2.45) is 12.8 Å². The maximum absolute atomic E-state index is 9.84. The summed E-state index contributed by atoms with van der Waals surface area (Å²) in [5, 5.41) is 14.2. The van der Waals surface area contributed by atoms with Gasteiger partial charge in [-0.2, -0.15) is 5.10 Å². The first-order chi connectivity index (χ1) is 6.74. The molecule has 78 valence electrons. The first-order valence-electron chi connectivity index (χ1n) is 5.16. The van der Waals surface area contributed by atoms with Gasteiger partial charge in [-0.15, -0.1) is 0 Å². The minimum absolute atomic E-state index is 0.479. The van der Waals surface area contributed by atoms with Crippen molar-refractivity contribution >= 4 is 0 Å². The Kier molecular flexibility index (Phi) is 2.56. The van der Waals surface area contributed by atoms with E-state index in [2.05, 4.69) is 5.10 Å². The van der Waals surface area contributed by atoms with Gasteiger partial charge in [0.2, 0.25) is 0 Å². The van der Waals surface area contributed by atoms with Crippen molar-refractivity contribution in [2.45, 2.75) is 31.8 Å². The molecule has 0 fully saturated rings. The Hall–Kier alpha value is -0.870. The first-order valence-corrected chi connectivity index (χ1v) is 5.16. The molecule has 0 saturated heterocycles. The highest BCUT2D eigenvalue weighted by atomic mass is 16.3. The van der Waals surface area contributed by atoms with Crippen LogP contribution in [0, 0.1) is 0 Å². The van der Waals surface area contributed by atoms with Gasteiger partial charge >= 0.3 is 0 Å². The van der Waals surface area contributed by atoms with Crippen LogP contribution in [0.4, 0.5) is 0 Å². The van der Waals surface area contributed by atoms with Gasteiger partial charge in [0.1, 0.15) is 0 Å². The lowest BCUT2D eigenvalue weighted by molar-refractivity contribution is 0.163. The second-order valence-corrected chi connectivity index (χ2v) is 3.88. The standard InChI is InChI=1S/C10H17N3O/c1-13-8-4-2-3-7(8)10(12-13)9(14)5-6-11/h9,14H,2-6,11H2,1H3. The maximum Gasteiger partial charge on any atom is 0.0993 e. The molecule has 2 rings (SSSR count). The molecule has 0 saturated carbocycles. The van der Waals surface area contributed by atoms with Crippen molar-refractivity contribution in [3.05, 3.63) is 17.0 Å². The van der Waals surface area contributed by atoms with E-state index in [-0.39, 0.29) is 0 Å². The van der Waals surface area contributed by atoms with Gasteiger partial charge in [-0.05, 0) is 37.8 Å². The lowest BCUT2D eigenvalue weighted by atomic mass is 10.1. The Labute approximate surface area is 83.7 Å². The molecular formula is C10H17N3O. The molecule has 1 aliphatic rings. The highest BCUT2D eigenvalue weighted by Crippen LogP contribution is 2.29. The molecular weight excluding hydrogens is 178 g/mol. The number of hydrogen-bond donors (Lipinski definition) is 2. The minimum atomic E-state index is -0.479. The zero-order chi connectivity index (χ0) is 10.1. The van der Waals surface area contributed by atoms with E-state index in [1.165, 1.54) is 17.7 Å². The fourth-order valence-electron chi connectivity index (χ4n) is 2.21. The molecule has 0 aromatic carbocycles. The third-order valence-electron chi connectivity index (χ3n) is 2.90. The Morgan fingerprint density at radius 1 is 1.57 bits per heavy atom. The smallest absolute Gasteiger partial charge is 0.0993 e. The Morgan fingerprint density at radius 2 is 2.36 bits per heavy atom. The van der Waals surface area contributed by atoms with E-state index in [1.807, 2.05) is 11.7 Å². The number of aromatic nitrogens is 2. The molecule has 14 heavy (non-hydrogen) atoms. The molecule has 1 aliphatic carbocycles. The average Bonchev–Trinajstić information content (AvgIpc) is 2.70. The molecule has 3 N–H and O–H groups in total. The van der Waals surface area contributed by atoms with Gasteiger partial charge in [-0.25, -0.2) is 0 Å². The largest absolute Gasteiger partial charge is 0.387 e. The maximum atomic E-state index is 9.84. The number of hydrogen-bond acceptors (Lipinski definition) is 3. The molecule has 0 spiro atoms. The van der Waals surface area contributed by atoms with Crippen LogP contribution in [-0.4, -0.2) is 21.4 Å². The summed E-state index contributed by atoms with van der Waals surface area (Å²) < 4.78 is 1.90. The monoisotopic (exact) mass is 195 g/mol. The van der Waals surface area contributed by atoms with Crippen molar-refractivity contribution in [2.75, 3.05) is 6.54 Å². The number of nitrogens with zero attached hydrogens (tertiary/aromatic N) is 2. The van der Waals surface area contributed by atoms with Gasteiger partial charge in [0.15, 0.2) is 0 Å². The molecule has 0 bridgehead atoms. The Balaban J connectivity index is 2.30. The van der Waals surface area contributed by atoms with E-state index < -0.39 is 6.10 Å². The third kappa shape index (κ3) is 1.44. The predicted octanol–water partition coefficient (Wildman–Crippen LogP) is 0.291. The van der Waals surface area contributed by atoms with Crippen LogP contribution in [0.2, 0.25) is 0 Å². The number of aliphatic hydroxyl groups is 1. The van der Waals surface area contributed by atoms with Crippen LogP contribution in [0.3, 0.4) is 0 Å². The molecule has 1 unspecified atom stereocenters. The van der Waals surface area contributed by atoms with Gasteiger partial charge in [0, 0.05) is 12.7 Å². The zero-order valence-corrected chi connectivity index (χ0v) is 8.53. The zero-order valence-electron chi connectivity index (χ0n) is 8.53. The second-order valence-electron chi connectivity index (χ2n) is 3.88. The Morgan fingerprint density at radius 3 is 3.07 bits per heavy atom. The number of aliphatic hydroxyl groups excluding tert-OH is 1. The normalized spacial score (nSPS) is 17.1. The summed E-state index contributed by atoms with van der Waals surface area (Å²) in [6, 6.07) is 0. The van der Waals surface area contributed by atoms with Gasteiger partial charge in [0.05, 0.1) is 11.8 Å². The van der Waals surface area contributed by atoms with Crippen LogP contribution in [0.15, 0.2) is 0 Å². The van der Waals surface area contributed by atoms with E-state index in [9.17, 15) is 5.11 Å². The van der Waals surface area contributed by atoms with Crippen molar-refractivity contribution in [3.63, 3.8) is 0 Å². The number of aryl methyl sites for hydroxylation is 1. The summed E-state index contributed by atoms with van der Waals surface area (Å²) in [5.74, 6) is 0. The number of fused-ring (bicyclic) bond motifs is 1. The van der Waals surface area contributed by atoms with Crippen LogP contribution in [0.25, 0.3) is 0 Å². The number of rotatable bonds is 3. The summed E-state index contributed by atoms with van der Waals surface area (Å²) in [4.78, 5) is 0. The summed E-state index contributed by atoms with van der Waals surface area (Å²) in [6.45, 7) is 0.506. The molecule has 1 atom stereocenters. The van der Waals surface area contributed by atoms with Crippen LogP contribution in [0.5, 0.6) is 0 Å². The molecule has 0 amide bonds. The molecule has 1 heterocycles. The SMILES string of the molecule is Cn1nc(C(O)CCN)c2c1CCC2. The number of nitrogens with two attached hydrogens (primary N) is 1. The van der Waals surface area contributed by atoms with Gasteiger partial charge in [-0.3, -0.25) is 4.68 Å². The highest BCUT2D eigenvalue weighted by Gasteiger charge is 2.24. The summed E-state index contributed by atoms with van der Waals surface area (Å²) in [7, 11) is 1.95. The van der Waals surface area contributed by atoms with E-state index in [0.29, 0.717) is 13.0 Å². The summed E-state index contributed by atoms with van der Waals surface area (Å²) in [5.41, 5.74) is 8.82. The second kappa shape index (κ2) is 3.71. The van der Waals surface area contributed by atoms with E-state index in [0.717, 1.165) is 18.5 Å². The van der Waals surface area contributed by atoms with Crippen molar-refractivity contribution in [3.8, 4) is 0 Å². The quantitative estimate of drug-likeness (QED) is 0.728. The molecule has 1 aromatic rings. The first kappa shape index (κ1) is 9.68. The minimum Gasteiger partial charge on any atom is -0.387 e. The van der Waals surface area contributed by atoms with E-state index in [1.54, 1.807) is 0 Å². The van der Waals surface area contributed by atoms with Crippen LogP contribution >= 0.6 is 0 Å². The van der Waals surface area contributed by atoms with E-state index in [4.69, 9.17) is 5.73 Å². The van der Waals surface area contributed by atoms with Crippen molar-refractivity contribution < 1.29 is 5.11 Å². The van der Waals surface area contributed by atoms with Crippen LogP contribution < -0.4 is 5.73 Å². The fraction of sp³-hybridized carbons (Fsp3) is 0.700. The van der Waals surface area contributed by atoms with Crippen molar-refractivity contribution in [1.29, 1.82) is 0 Å². The lowest BCUT2D eigenvalue weighted by Gasteiger charge is -2.07. The molecule has 0 aliphatic heterocycles. The van der Waals surface area contributed by atoms with Gasteiger partial charge < -0.3 is 10.8 Å². The Bertz CT molecular complexity index is 332. The predicted molar refractivity (Wildman–Crippen MR) is 53.9 cm³/mol. The fourth-order valence-corrected chi connectivity index (χ4v) is 2.21. The average molecular weight is 195 g/mol. The van der Waals surface area contributed by atoms with Crippen LogP contribution in [-0.2, 0) is 19.9 Å².